The molecule has 3 heteroatoms. The normalized spacial score (nSPS) is 16.6. The lowest BCUT2D eigenvalue weighted by Gasteiger charge is -2.24. The van der Waals surface area contributed by atoms with Crippen molar-refractivity contribution in [1.29, 1.82) is 0 Å². The third-order valence-corrected chi connectivity index (χ3v) is 2.94. The van der Waals surface area contributed by atoms with Gasteiger partial charge in [-0.1, -0.05) is 26.0 Å². The van der Waals surface area contributed by atoms with Gasteiger partial charge in [-0.15, -0.1) is 13.2 Å². The zero-order valence-corrected chi connectivity index (χ0v) is 12.3. The van der Waals surface area contributed by atoms with Crippen molar-refractivity contribution in [3.63, 3.8) is 0 Å². The van der Waals surface area contributed by atoms with Gasteiger partial charge in [0.1, 0.15) is 0 Å². The van der Waals surface area contributed by atoms with Crippen LogP contribution in [-0.4, -0.2) is 62.2 Å². The molecule has 0 aromatic heterocycles. The van der Waals surface area contributed by atoms with Gasteiger partial charge in [-0.05, 0) is 19.5 Å². The monoisotopic (exact) mass is 253 g/mol. The standard InChI is InChI=1S/C13H25N3.C2H6/c1-3-8-15(9-4-2)12-13-16-10-5-6-14-7-11-16;1-2/h3-4,14H,1-2,5-13H2;1-2H3. The molecule has 1 saturated heterocycles. The molecule has 0 unspecified atom stereocenters. The third kappa shape index (κ3) is 8.45. The molecule has 106 valence electrons. The minimum absolute atomic E-state index is 0.956. The fourth-order valence-corrected chi connectivity index (χ4v) is 2.03. The van der Waals surface area contributed by atoms with Gasteiger partial charge >= 0.3 is 0 Å². The lowest BCUT2D eigenvalue weighted by Crippen LogP contribution is -2.37. The Kier molecular flexibility index (Phi) is 12.4. The first-order valence-corrected chi connectivity index (χ1v) is 7.24. The summed E-state index contributed by atoms with van der Waals surface area (Å²) in [5.41, 5.74) is 0. The van der Waals surface area contributed by atoms with Gasteiger partial charge in [-0.25, -0.2) is 0 Å². The summed E-state index contributed by atoms with van der Waals surface area (Å²) in [6.45, 7) is 20.5. The molecule has 18 heavy (non-hydrogen) atoms. The maximum absolute atomic E-state index is 3.79. The van der Waals surface area contributed by atoms with E-state index in [4.69, 9.17) is 0 Å². The van der Waals surface area contributed by atoms with Crippen molar-refractivity contribution in [2.24, 2.45) is 0 Å². The van der Waals surface area contributed by atoms with Crippen LogP contribution in [0.2, 0.25) is 0 Å². The van der Waals surface area contributed by atoms with E-state index in [1.54, 1.807) is 0 Å². The number of hydrogen-bond donors (Lipinski definition) is 1. The topological polar surface area (TPSA) is 18.5 Å². The van der Waals surface area contributed by atoms with Crippen molar-refractivity contribution in [2.75, 3.05) is 52.4 Å². The summed E-state index contributed by atoms with van der Waals surface area (Å²) >= 11 is 0. The van der Waals surface area contributed by atoms with E-state index < -0.39 is 0 Å². The highest BCUT2D eigenvalue weighted by Crippen LogP contribution is 1.97. The molecule has 1 fully saturated rings. The van der Waals surface area contributed by atoms with Gasteiger partial charge in [-0.2, -0.15) is 0 Å². The fraction of sp³-hybridized carbons (Fsp3) is 0.733. The Bertz CT molecular complexity index is 186. The highest BCUT2D eigenvalue weighted by molar-refractivity contribution is 4.80. The smallest absolute Gasteiger partial charge is 0.0164 e. The first-order chi connectivity index (χ1) is 8.86. The average Bonchev–Trinajstić information content (AvgIpc) is 2.67. The molecule has 0 saturated carbocycles. The second-order valence-corrected chi connectivity index (χ2v) is 4.28. The van der Waals surface area contributed by atoms with E-state index in [2.05, 4.69) is 28.3 Å². The number of nitrogens with one attached hydrogen (secondary N) is 1. The predicted octanol–water partition coefficient (Wildman–Crippen LogP) is 1.98. The first kappa shape index (κ1) is 17.4. The van der Waals surface area contributed by atoms with Crippen LogP contribution in [-0.2, 0) is 0 Å². The van der Waals surface area contributed by atoms with Crippen LogP contribution < -0.4 is 5.32 Å². The van der Waals surface area contributed by atoms with E-state index in [0.717, 1.165) is 32.7 Å². The van der Waals surface area contributed by atoms with E-state index in [1.807, 2.05) is 26.0 Å². The number of nitrogens with zero attached hydrogens (tertiary/aromatic N) is 2. The molecule has 1 heterocycles. The third-order valence-electron chi connectivity index (χ3n) is 2.94. The summed E-state index contributed by atoms with van der Waals surface area (Å²) in [7, 11) is 0. The summed E-state index contributed by atoms with van der Waals surface area (Å²) in [4.78, 5) is 4.91. The fourth-order valence-electron chi connectivity index (χ4n) is 2.03. The van der Waals surface area contributed by atoms with Crippen LogP contribution in [0.25, 0.3) is 0 Å². The van der Waals surface area contributed by atoms with E-state index in [0.29, 0.717) is 0 Å². The predicted molar refractivity (Wildman–Crippen MR) is 82.1 cm³/mol. The highest BCUT2D eigenvalue weighted by atomic mass is 15.2. The van der Waals surface area contributed by atoms with Crippen LogP contribution in [0.3, 0.4) is 0 Å². The highest BCUT2D eigenvalue weighted by Gasteiger charge is 2.09. The van der Waals surface area contributed by atoms with E-state index >= 15 is 0 Å². The summed E-state index contributed by atoms with van der Waals surface area (Å²) in [5, 5.41) is 3.43. The van der Waals surface area contributed by atoms with Crippen LogP contribution in [0.5, 0.6) is 0 Å². The molecule has 0 aromatic rings. The molecule has 1 N–H and O–H groups in total. The second kappa shape index (κ2) is 12.8. The van der Waals surface area contributed by atoms with E-state index in [9.17, 15) is 0 Å². The molecule has 3 nitrogen and oxygen atoms in total. The summed E-state index contributed by atoms with van der Waals surface area (Å²) in [5.74, 6) is 0. The van der Waals surface area contributed by atoms with Crippen molar-refractivity contribution >= 4 is 0 Å². The SMILES string of the molecule is C=CCN(CC=C)CCN1CCCNCC1.CC. The number of rotatable bonds is 7. The van der Waals surface area contributed by atoms with Crippen LogP contribution in [0.15, 0.2) is 25.3 Å². The maximum Gasteiger partial charge on any atom is 0.0164 e. The molecular weight excluding hydrogens is 222 g/mol. The van der Waals surface area contributed by atoms with Gasteiger partial charge in [0, 0.05) is 39.3 Å². The molecule has 1 aliphatic heterocycles. The second-order valence-electron chi connectivity index (χ2n) is 4.28. The lowest BCUT2D eigenvalue weighted by molar-refractivity contribution is 0.234. The molecule has 1 rings (SSSR count). The van der Waals surface area contributed by atoms with Crippen molar-refractivity contribution in [1.82, 2.24) is 15.1 Å². The van der Waals surface area contributed by atoms with Gasteiger partial charge in [0.05, 0.1) is 0 Å². The molecule has 0 amide bonds. The Morgan fingerprint density at radius 1 is 1.11 bits per heavy atom. The molecule has 1 aliphatic rings. The minimum atomic E-state index is 0.956. The Labute approximate surface area is 114 Å². The van der Waals surface area contributed by atoms with Gasteiger partial charge in [-0.3, -0.25) is 4.90 Å². The Balaban J connectivity index is 0.00000137. The van der Waals surface area contributed by atoms with Gasteiger partial charge in [0.25, 0.3) is 0 Å². The summed E-state index contributed by atoms with van der Waals surface area (Å²) in [6.07, 6.45) is 5.20. The van der Waals surface area contributed by atoms with Gasteiger partial charge in [0.2, 0.25) is 0 Å². The van der Waals surface area contributed by atoms with Crippen molar-refractivity contribution in [3.8, 4) is 0 Å². The van der Waals surface area contributed by atoms with Crippen LogP contribution in [0, 0.1) is 0 Å². The Morgan fingerprint density at radius 3 is 2.39 bits per heavy atom. The molecule has 0 aromatic carbocycles. The van der Waals surface area contributed by atoms with Crippen LogP contribution in [0.4, 0.5) is 0 Å². The lowest BCUT2D eigenvalue weighted by atomic mass is 10.3. The zero-order valence-electron chi connectivity index (χ0n) is 12.3. The first-order valence-electron chi connectivity index (χ1n) is 7.24. The van der Waals surface area contributed by atoms with E-state index in [-0.39, 0.29) is 0 Å². The Morgan fingerprint density at radius 2 is 1.78 bits per heavy atom. The minimum Gasteiger partial charge on any atom is -0.315 e. The van der Waals surface area contributed by atoms with Crippen LogP contribution in [0.1, 0.15) is 20.3 Å². The van der Waals surface area contributed by atoms with E-state index in [1.165, 1.54) is 26.1 Å². The molecule has 0 radical (unpaired) electrons. The summed E-state index contributed by atoms with van der Waals surface area (Å²) in [6, 6.07) is 0. The number of hydrogen-bond acceptors (Lipinski definition) is 3. The van der Waals surface area contributed by atoms with Crippen molar-refractivity contribution < 1.29 is 0 Å². The molecule has 0 aliphatic carbocycles. The molecular formula is C15H31N3. The van der Waals surface area contributed by atoms with Crippen molar-refractivity contribution in [2.45, 2.75) is 20.3 Å². The quantitative estimate of drug-likeness (QED) is 0.700. The maximum atomic E-state index is 3.79. The molecule has 0 spiro atoms. The summed E-state index contributed by atoms with van der Waals surface area (Å²) < 4.78 is 0. The Hall–Kier alpha value is -0.640. The molecule has 0 bridgehead atoms. The molecule has 0 atom stereocenters. The average molecular weight is 253 g/mol. The van der Waals surface area contributed by atoms with Gasteiger partial charge < -0.3 is 10.2 Å². The van der Waals surface area contributed by atoms with Crippen LogP contribution >= 0.6 is 0 Å². The van der Waals surface area contributed by atoms with Gasteiger partial charge in [0.15, 0.2) is 0 Å². The zero-order chi connectivity index (χ0) is 13.6. The van der Waals surface area contributed by atoms with Crippen molar-refractivity contribution in [3.05, 3.63) is 25.3 Å². The largest absolute Gasteiger partial charge is 0.315 e.